The van der Waals surface area contributed by atoms with Crippen LogP contribution in [0.5, 0.6) is 0 Å². The van der Waals surface area contributed by atoms with Crippen LogP contribution in [0.3, 0.4) is 0 Å². The minimum Gasteiger partial charge on any atom is -0.352 e. The van der Waals surface area contributed by atoms with E-state index in [4.69, 9.17) is 11.6 Å². The summed E-state index contributed by atoms with van der Waals surface area (Å²) in [5, 5.41) is 3.20. The first kappa shape index (κ1) is 17.8. The molecule has 1 amide bonds. The summed E-state index contributed by atoms with van der Waals surface area (Å²) in [6.45, 7) is 5.58. The molecule has 0 bridgehead atoms. The number of rotatable bonds is 6. The van der Waals surface area contributed by atoms with Crippen LogP contribution in [0.1, 0.15) is 20.8 Å². The predicted molar refractivity (Wildman–Crippen MR) is 86.1 cm³/mol. The Hall–Kier alpha value is -1.27. The zero-order chi connectivity index (χ0) is 16.2. The normalized spacial score (nSPS) is 13.0. The monoisotopic (exact) mass is 332 g/mol. The molecule has 1 N–H and O–H groups in total. The SMILES string of the molecule is CC(C)C(C)NC(=O)CN(c1cccc(Cl)c1)S(C)(=O)=O. The Kier molecular flexibility index (Phi) is 6.04. The average molecular weight is 333 g/mol. The van der Waals surface area contributed by atoms with Crippen molar-refractivity contribution in [2.24, 2.45) is 5.92 Å². The fourth-order valence-electron chi connectivity index (χ4n) is 1.63. The fraction of sp³-hybridized carbons (Fsp3) is 0.500. The smallest absolute Gasteiger partial charge is 0.240 e. The van der Waals surface area contributed by atoms with Gasteiger partial charge in [-0.25, -0.2) is 8.42 Å². The highest BCUT2D eigenvalue weighted by Gasteiger charge is 2.22. The van der Waals surface area contributed by atoms with Gasteiger partial charge in [-0.1, -0.05) is 31.5 Å². The van der Waals surface area contributed by atoms with Crippen molar-refractivity contribution in [3.8, 4) is 0 Å². The third-order valence-electron chi connectivity index (χ3n) is 3.17. The number of nitrogens with zero attached hydrogens (tertiary/aromatic N) is 1. The van der Waals surface area contributed by atoms with E-state index in [0.29, 0.717) is 10.7 Å². The number of hydrogen-bond donors (Lipinski definition) is 1. The van der Waals surface area contributed by atoms with Crippen molar-refractivity contribution < 1.29 is 13.2 Å². The lowest BCUT2D eigenvalue weighted by Crippen LogP contribution is -2.44. The van der Waals surface area contributed by atoms with Gasteiger partial charge < -0.3 is 5.32 Å². The summed E-state index contributed by atoms with van der Waals surface area (Å²) in [4.78, 5) is 12.0. The van der Waals surface area contributed by atoms with Crippen LogP contribution in [-0.2, 0) is 14.8 Å². The van der Waals surface area contributed by atoms with Crippen molar-refractivity contribution in [3.63, 3.8) is 0 Å². The number of carbonyl (C=O) groups excluding carboxylic acids is 1. The summed E-state index contributed by atoms with van der Waals surface area (Å²) >= 11 is 5.88. The van der Waals surface area contributed by atoms with Crippen LogP contribution >= 0.6 is 11.6 Å². The van der Waals surface area contributed by atoms with Gasteiger partial charge in [0.25, 0.3) is 0 Å². The van der Waals surface area contributed by atoms with Crippen LogP contribution in [0, 0.1) is 5.92 Å². The highest BCUT2D eigenvalue weighted by atomic mass is 35.5. The second-order valence-electron chi connectivity index (χ2n) is 5.35. The molecule has 1 aromatic rings. The molecule has 0 spiro atoms. The van der Waals surface area contributed by atoms with Crippen molar-refractivity contribution in [2.45, 2.75) is 26.8 Å². The molecule has 0 fully saturated rings. The zero-order valence-corrected chi connectivity index (χ0v) is 14.2. The van der Waals surface area contributed by atoms with Crippen LogP contribution in [-0.4, -0.2) is 33.2 Å². The molecule has 0 saturated carbocycles. The minimum absolute atomic E-state index is 0.0294. The van der Waals surface area contributed by atoms with Crippen molar-refractivity contribution in [1.29, 1.82) is 0 Å². The van der Waals surface area contributed by atoms with E-state index in [0.717, 1.165) is 10.6 Å². The Balaban J connectivity index is 2.94. The number of nitrogens with one attached hydrogen (secondary N) is 1. The molecule has 5 nitrogen and oxygen atoms in total. The number of amides is 1. The molecule has 0 heterocycles. The Bertz CT molecular complexity index is 602. The number of carbonyl (C=O) groups is 1. The van der Waals surface area contributed by atoms with Gasteiger partial charge >= 0.3 is 0 Å². The van der Waals surface area contributed by atoms with Crippen molar-refractivity contribution >= 4 is 33.2 Å². The van der Waals surface area contributed by atoms with Crippen molar-refractivity contribution in [2.75, 3.05) is 17.1 Å². The van der Waals surface area contributed by atoms with Gasteiger partial charge in [-0.05, 0) is 31.0 Å². The Labute approximate surface area is 131 Å². The maximum atomic E-state index is 12.0. The molecule has 0 aromatic heterocycles. The quantitative estimate of drug-likeness (QED) is 0.869. The first-order valence-electron chi connectivity index (χ1n) is 6.64. The highest BCUT2D eigenvalue weighted by Crippen LogP contribution is 2.21. The number of hydrogen-bond acceptors (Lipinski definition) is 3. The van der Waals surface area contributed by atoms with Gasteiger partial charge in [0.1, 0.15) is 6.54 Å². The lowest BCUT2D eigenvalue weighted by Gasteiger charge is -2.24. The third kappa shape index (κ3) is 5.55. The maximum absolute atomic E-state index is 12.0. The van der Waals surface area contributed by atoms with Gasteiger partial charge in [0.15, 0.2) is 0 Å². The van der Waals surface area contributed by atoms with E-state index in [-0.39, 0.29) is 24.4 Å². The largest absolute Gasteiger partial charge is 0.352 e. The summed E-state index contributed by atoms with van der Waals surface area (Å²) in [5.74, 6) is -0.0756. The van der Waals surface area contributed by atoms with Crippen molar-refractivity contribution in [1.82, 2.24) is 5.32 Å². The van der Waals surface area contributed by atoms with E-state index in [1.165, 1.54) is 6.07 Å². The summed E-state index contributed by atoms with van der Waals surface area (Å²) < 4.78 is 24.8. The van der Waals surface area contributed by atoms with Crippen LogP contribution < -0.4 is 9.62 Å². The zero-order valence-electron chi connectivity index (χ0n) is 12.6. The lowest BCUT2D eigenvalue weighted by atomic mass is 10.1. The molecule has 1 rings (SSSR count). The average Bonchev–Trinajstić information content (AvgIpc) is 2.34. The molecule has 0 aliphatic carbocycles. The Morgan fingerprint density at radius 3 is 2.43 bits per heavy atom. The van der Waals surface area contributed by atoms with Gasteiger partial charge in [0.2, 0.25) is 15.9 Å². The van der Waals surface area contributed by atoms with Crippen LogP contribution in [0.25, 0.3) is 0 Å². The van der Waals surface area contributed by atoms with Crippen LogP contribution in [0.15, 0.2) is 24.3 Å². The van der Waals surface area contributed by atoms with E-state index in [2.05, 4.69) is 5.32 Å². The summed E-state index contributed by atoms with van der Waals surface area (Å²) in [6.07, 6.45) is 1.06. The van der Waals surface area contributed by atoms with E-state index < -0.39 is 10.0 Å². The van der Waals surface area contributed by atoms with Gasteiger partial charge in [-0.3, -0.25) is 9.10 Å². The van der Waals surface area contributed by atoms with Crippen molar-refractivity contribution in [3.05, 3.63) is 29.3 Å². The topological polar surface area (TPSA) is 66.5 Å². The number of anilines is 1. The van der Waals surface area contributed by atoms with E-state index in [1.807, 2.05) is 20.8 Å². The molecule has 118 valence electrons. The Morgan fingerprint density at radius 2 is 1.95 bits per heavy atom. The van der Waals surface area contributed by atoms with Crippen LogP contribution in [0.4, 0.5) is 5.69 Å². The molecule has 0 radical (unpaired) electrons. The minimum atomic E-state index is -3.57. The molecule has 7 heteroatoms. The first-order chi connectivity index (χ1) is 9.61. The molecule has 0 aliphatic rings. The summed E-state index contributed by atoms with van der Waals surface area (Å²) in [6, 6.07) is 6.38. The molecular formula is C14H21ClN2O3S. The molecule has 0 saturated heterocycles. The second-order valence-corrected chi connectivity index (χ2v) is 7.69. The predicted octanol–water partition coefficient (Wildman–Crippen LogP) is 2.27. The standard InChI is InChI=1S/C14H21ClN2O3S/c1-10(2)11(3)16-14(18)9-17(21(4,19)20)13-7-5-6-12(15)8-13/h5-8,10-11H,9H2,1-4H3,(H,16,18). The molecular weight excluding hydrogens is 312 g/mol. The highest BCUT2D eigenvalue weighted by molar-refractivity contribution is 7.92. The maximum Gasteiger partial charge on any atom is 0.240 e. The molecule has 0 aliphatic heterocycles. The summed E-state index contributed by atoms with van der Waals surface area (Å²) in [5.41, 5.74) is 0.373. The van der Waals surface area contributed by atoms with Crippen LogP contribution in [0.2, 0.25) is 5.02 Å². The van der Waals surface area contributed by atoms with Gasteiger partial charge in [0, 0.05) is 11.1 Å². The first-order valence-corrected chi connectivity index (χ1v) is 8.86. The number of halogens is 1. The molecule has 21 heavy (non-hydrogen) atoms. The van der Waals surface area contributed by atoms with E-state index >= 15 is 0 Å². The molecule has 1 aromatic carbocycles. The fourth-order valence-corrected chi connectivity index (χ4v) is 2.66. The second kappa shape index (κ2) is 7.13. The number of benzene rings is 1. The van der Waals surface area contributed by atoms with E-state index in [1.54, 1.807) is 18.2 Å². The van der Waals surface area contributed by atoms with Gasteiger partial charge in [-0.15, -0.1) is 0 Å². The Morgan fingerprint density at radius 1 is 1.33 bits per heavy atom. The molecule has 1 unspecified atom stereocenters. The van der Waals surface area contributed by atoms with Gasteiger partial charge in [-0.2, -0.15) is 0 Å². The lowest BCUT2D eigenvalue weighted by molar-refractivity contribution is -0.120. The van der Waals surface area contributed by atoms with Gasteiger partial charge in [0.05, 0.1) is 11.9 Å². The van der Waals surface area contributed by atoms with E-state index in [9.17, 15) is 13.2 Å². The molecule has 1 atom stereocenters. The number of sulfonamides is 1. The summed E-state index contributed by atoms with van der Waals surface area (Å²) in [7, 11) is -3.57. The third-order valence-corrected chi connectivity index (χ3v) is 4.55.